The lowest BCUT2D eigenvalue weighted by molar-refractivity contribution is 0.0553. The summed E-state index contributed by atoms with van der Waals surface area (Å²) < 4.78 is 0. The Morgan fingerprint density at radius 2 is 1.66 bits per heavy atom. The third kappa shape index (κ3) is 5.90. The average Bonchev–Trinajstić information content (AvgIpc) is 2.89. The summed E-state index contributed by atoms with van der Waals surface area (Å²) in [6.07, 6.45) is 7.68. The van der Waals surface area contributed by atoms with Gasteiger partial charge in [0.25, 0.3) is 5.91 Å². The van der Waals surface area contributed by atoms with Crippen molar-refractivity contribution < 1.29 is 4.79 Å². The summed E-state index contributed by atoms with van der Waals surface area (Å²) >= 11 is 1.94. The first-order valence-corrected chi connectivity index (χ1v) is 14.1. The minimum absolute atomic E-state index is 0.151. The molecule has 5 heteroatoms. The van der Waals surface area contributed by atoms with Gasteiger partial charge >= 0.3 is 0 Å². The molecular formula is C30H37N3OS. The molecule has 184 valence electrons. The highest BCUT2D eigenvalue weighted by molar-refractivity contribution is 7.99. The number of fused-ring (bicyclic) bond motifs is 1. The number of nitrogens with zero attached hydrogens (tertiary/aromatic N) is 3. The zero-order valence-electron chi connectivity index (χ0n) is 21.0. The topological polar surface area (TPSA) is 36.4 Å². The lowest BCUT2D eigenvalue weighted by atomic mass is 9.88. The van der Waals surface area contributed by atoms with E-state index in [2.05, 4.69) is 48.0 Å². The van der Waals surface area contributed by atoms with E-state index in [1.807, 2.05) is 47.0 Å². The number of carbonyl (C=O) groups excluding carboxylic acids is 1. The largest absolute Gasteiger partial charge is 0.339 e. The third-order valence-electron chi connectivity index (χ3n) is 7.62. The van der Waals surface area contributed by atoms with Crippen LogP contribution in [0.5, 0.6) is 0 Å². The molecule has 2 aliphatic rings. The maximum Gasteiger partial charge on any atom is 0.254 e. The molecule has 0 spiro atoms. The first kappa shape index (κ1) is 24.3. The third-order valence-corrected chi connectivity index (χ3v) is 8.63. The number of amides is 1. The zero-order chi connectivity index (χ0) is 24.2. The second-order valence-electron chi connectivity index (χ2n) is 10.4. The molecule has 5 rings (SSSR count). The van der Waals surface area contributed by atoms with E-state index >= 15 is 0 Å². The van der Waals surface area contributed by atoms with Crippen LogP contribution in [0, 0.1) is 5.92 Å². The van der Waals surface area contributed by atoms with Gasteiger partial charge in [-0.3, -0.25) is 9.78 Å². The summed E-state index contributed by atoms with van der Waals surface area (Å²) in [4.78, 5) is 23.8. The normalized spacial score (nSPS) is 18.4. The molecular weight excluding hydrogens is 450 g/mol. The van der Waals surface area contributed by atoms with E-state index in [0.29, 0.717) is 11.3 Å². The van der Waals surface area contributed by atoms with Gasteiger partial charge in [0.15, 0.2) is 0 Å². The molecule has 0 saturated carbocycles. The summed E-state index contributed by atoms with van der Waals surface area (Å²) in [6, 6.07) is 19.7. The van der Waals surface area contributed by atoms with Gasteiger partial charge in [-0.25, -0.2) is 0 Å². The molecule has 2 aliphatic heterocycles. The van der Waals surface area contributed by atoms with E-state index in [9.17, 15) is 4.79 Å². The highest BCUT2D eigenvalue weighted by Crippen LogP contribution is 2.29. The Labute approximate surface area is 214 Å². The maximum absolute atomic E-state index is 13.3. The minimum atomic E-state index is 0.151. The summed E-state index contributed by atoms with van der Waals surface area (Å²) in [5.41, 5.74) is 3.15. The summed E-state index contributed by atoms with van der Waals surface area (Å²) in [7, 11) is 0. The number of rotatable bonds is 6. The number of hydrogen-bond acceptors (Lipinski definition) is 4. The molecule has 3 heterocycles. The van der Waals surface area contributed by atoms with Crippen molar-refractivity contribution in [3.05, 3.63) is 71.9 Å². The Balaban J connectivity index is 1.10. The molecule has 0 bridgehead atoms. The van der Waals surface area contributed by atoms with Gasteiger partial charge in [0.05, 0.1) is 11.1 Å². The van der Waals surface area contributed by atoms with Gasteiger partial charge in [-0.1, -0.05) is 44.2 Å². The van der Waals surface area contributed by atoms with Crippen molar-refractivity contribution >= 4 is 28.6 Å². The smallest absolute Gasteiger partial charge is 0.254 e. The molecule has 2 saturated heterocycles. The van der Waals surface area contributed by atoms with Crippen LogP contribution < -0.4 is 0 Å². The Kier molecular flexibility index (Phi) is 7.74. The van der Waals surface area contributed by atoms with E-state index in [1.165, 1.54) is 42.8 Å². The summed E-state index contributed by atoms with van der Waals surface area (Å²) in [5, 5.41) is 1.59. The fraction of sp³-hybridized carbons (Fsp3) is 0.467. The molecule has 0 unspecified atom stereocenters. The molecule has 35 heavy (non-hydrogen) atoms. The van der Waals surface area contributed by atoms with Gasteiger partial charge < -0.3 is 9.80 Å². The highest BCUT2D eigenvalue weighted by Gasteiger charge is 2.30. The lowest BCUT2D eigenvalue weighted by Gasteiger charge is -2.42. The van der Waals surface area contributed by atoms with Crippen LogP contribution in [0.1, 0.15) is 55.5 Å². The fourth-order valence-corrected chi connectivity index (χ4v) is 6.56. The lowest BCUT2D eigenvalue weighted by Crippen LogP contribution is -2.49. The monoisotopic (exact) mass is 487 g/mol. The van der Waals surface area contributed by atoms with E-state index in [-0.39, 0.29) is 5.91 Å². The van der Waals surface area contributed by atoms with Gasteiger partial charge in [0, 0.05) is 40.9 Å². The van der Waals surface area contributed by atoms with Crippen LogP contribution in [0.4, 0.5) is 0 Å². The van der Waals surface area contributed by atoms with Crippen molar-refractivity contribution in [1.29, 1.82) is 0 Å². The Morgan fingerprint density at radius 3 is 2.37 bits per heavy atom. The molecule has 0 radical (unpaired) electrons. The Bertz CT molecular complexity index is 1120. The van der Waals surface area contributed by atoms with Gasteiger partial charge in [-0.15, -0.1) is 11.8 Å². The zero-order valence-corrected chi connectivity index (χ0v) is 21.8. The number of hydrogen-bond donors (Lipinski definition) is 0. The number of carbonyl (C=O) groups is 1. The number of piperidine rings is 2. The van der Waals surface area contributed by atoms with Crippen molar-refractivity contribution in [2.75, 3.05) is 26.2 Å². The first-order valence-electron chi connectivity index (χ1n) is 13.2. The summed E-state index contributed by atoms with van der Waals surface area (Å²) in [5.74, 6) is 0.940. The quantitative estimate of drug-likeness (QED) is 0.383. The first-order chi connectivity index (χ1) is 17.1. The second-order valence-corrected chi connectivity index (χ2v) is 12.0. The van der Waals surface area contributed by atoms with Crippen LogP contribution in [-0.2, 0) is 6.42 Å². The SMILES string of the molecule is CC(C)Sc1ccc(CC2CCN(C3CCN(C(=O)c4ccnc5ccccc45)CC3)CC2)cc1. The molecule has 0 aliphatic carbocycles. The molecule has 1 amide bonds. The fourth-order valence-electron chi connectivity index (χ4n) is 5.72. The highest BCUT2D eigenvalue weighted by atomic mass is 32.2. The molecule has 2 aromatic carbocycles. The van der Waals surface area contributed by atoms with E-state index in [4.69, 9.17) is 0 Å². The van der Waals surface area contributed by atoms with Crippen molar-refractivity contribution in [2.24, 2.45) is 5.92 Å². The Hall–Kier alpha value is -2.37. The molecule has 0 N–H and O–H groups in total. The number of likely N-dealkylation sites (tertiary alicyclic amines) is 2. The van der Waals surface area contributed by atoms with Crippen LogP contribution in [0.2, 0.25) is 0 Å². The van der Waals surface area contributed by atoms with E-state index < -0.39 is 0 Å². The van der Waals surface area contributed by atoms with Gasteiger partial charge in [0.2, 0.25) is 0 Å². The second kappa shape index (κ2) is 11.1. The van der Waals surface area contributed by atoms with Crippen LogP contribution in [0.3, 0.4) is 0 Å². The van der Waals surface area contributed by atoms with Gasteiger partial charge in [-0.05, 0) is 80.9 Å². The van der Waals surface area contributed by atoms with Crippen LogP contribution in [0.25, 0.3) is 10.9 Å². The molecule has 1 aromatic heterocycles. The van der Waals surface area contributed by atoms with E-state index in [1.54, 1.807) is 6.20 Å². The van der Waals surface area contributed by atoms with Crippen molar-refractivity contribution in [3.8, 4) is 0 Å². The van der Waals surface area contributed by atoms with Crippen LogP contribution >= 0.6 is 11.8 Å². The average molecular weight is 488 g/mol. The molecule has 3 aromatic rings. The molecule has 4 nitrogen and oxygen atoms in total. The predicted molar refractivity (Wildman–Crippen MR) is 146 cm³/mol. The number of pyridine rings is 1. The number of para-hydroxylation sites is 1. The van der Waals surface area contributed by atoms with Crippen molar-refractivity contribution in [2.45, 2.75) is 62.1 Å². The molecule has 2 fully saturated rings. The predicted octanol–water partition coefficient (Wildman–Crippen LogP) is 6.29. The molecule has 0 atom stereocenters. The van der Waals surface area contributed by atoms with Gasteiger partial charge in [-0.2, -0.15) is 0 Å². The van der Waals surface area contributed by atoms with Crippen LogP contribution in [-0.4, -0.2) is 58.2 Å². The van der Waals surface area contributed by atoms with Gasteiger partial charge in [0.1, 0.15) is 0 Å². The van der Waals surface area contributed by atoms with Crippen molar-refractivity contribution in [1.82, 2.24) is 14.8 Å². The minimum Gasteiger partial charge on any atom is -0.339 e. The number of thioether (sulfide) groups is 1. The Morgan fingerprint density at radius 1 is 0.943 bits per heavy atom. The van der Waals surface area contributed by atoms with E-state index in [0.717, 1.165) is 48.3 Å². The van der Waals surface area contributed by atoms with Crippen molar-refractivity contribution in [3.63, 3.8) is 0 Å². The van der Waals surface area contributed by atoms with Crippen LogP contribution in [0.15, 0.2) is 65.7 Å². The maximum atomic E-state index is 13.3. The number of aromatic nitrogens is 1. The number of benzene rings is 2. The summed E-state index contributed by atoms with van der Waals surface area (Å²) in [6.45, 7) is 8.58. The standard InChI is InChI=1S/C30H37N3OS/c1-22(2)35-26-9-7-23(8-10-26)21-24-12-17-32(18-13-24)25-14-19-33(20-15-25)30(34)28-11-16-31-29-6-4-3-5-27(28)29/h3-11,16,22,24-25H,12-15,17-21H2,1-2H3.